The van der Waals surface area contributed by atoms with E-state index in [-0.39, 0.29) is 10.9 Å². The van der Waals surface area contributed by atoms with E-state index in [0.717, 1.165) is 0 Å². The second-order valence-electron chi connectivity index (χ2n) is 3.74. The van der Waals surface area contributed by atoms with Crippen LogP contribution in [0.5, 0.6) is 0 Å². The predicted molar refractivity (Wildman–Crippen MR) is 58.8 cm³/mol. The first-order chi connectivity index (χ1) is 7.58. The smallest absolute Gasteiger partial charge is 0.257 e. The fourth-order valence-electron chi connectivity index (χ4n) is 1.22. The fraction of sp³-hybridized carbons (Fsp3) is 0.273. The van der Waals surface area contributed by atoms with Crippen molar-refractivity contribution in [3.63, 3.8) is 0 Å². The van der Waals surface area contributed by atoms with Crippen LogP contribution in [0.1, 0.15) is 25.6 Å². The molecular formula is C11H10ClFN2O. The minimum Gasteiger partial charge on any atom is -0.334 e. The maximum Gasteiger partial charge on any atom is 0.257 e. The van der Waals surface area contributed by atoms with Gasteiger partial charge in [0.1, 0.15) is 5.82 Å². The molecule has 0 saturated heterocycles. The molecule has 0 N–H and O–H groups in total. The van der Waals surface area contributed by atoms with Crippen molar-refractivity contribution in [1.29, 1.82) is 0 Å². The molecule has 0 atom stereocenters. The maximum absolute atomic E-state index is 12.9. The summed E-state index contributed by atoms with van der Waals surface area (Å²) in [6.45, 7) is 3.93. The molecule has 2 aromatic rings. The molecule has 0 bridgehead atoms. The molecule has 3 nitrogen and oxygen atoms in total. The van der Waals surface area contributed by atoms with Crippen molar-refractivity contribution in [3.05, 3.63) is 34.9 Å². The Morgan fingerprint density at radius 3 is 2.69 bits per heavy atom. The number of hydrogen-bond acceptors (Lipinski definition) is 3. The molecule has 1 aromatic heterocycles. The van der Waals surface area contributed by atoms with Gasteiger partial charge in [0.15, 0.2) is 5.82 Å². The lowest BCUT2D eigenvalue weighted by Gasteiger charge is -1.96. The Labute approximate surface area is 97.2 Å². The minimum absolute atomic E-state index is 0.0433. The van der Waals surface area contributed by atoms with Gasteiger partial charge in [-0.2, -0.15) is 4.98 Å². The molecule has 0 saturated carbocycles. The van der Waals surface area contributed by atoms with Gasteiger partial charge in [-0.15, -0.1) is 0 Å². The third-order valence-electron chi connectivity index (χ3n) is 2.12. The average molecular weight is 241 g/mol. The first-order valence-electron chi connectivity index (χ1n) is 4.87. The summed E-state index contributed by atoms with van der Waals surface area (Å²) in [4.78, 5) is 4.19. The zero-order valence-corrected chi connectivity index (χ0v) is 9.62. The zero-order valence-electron chi connectivity index (χ0n) is 8.87. The van der Waals surface area contributed by atoms with E-state index in [2.05, 4.69) is 10.1 Å². The molecule has 0 radical (unpaired) electrons. The molecule has 0 aliphatic heterocycles. The number of rotatable bonds is 2. The molecule has 0 spiro atoms. The Balaban J connectivity index is 2.39. The van der Waals surface area contributed by atoms with Crippen LogP contribution in [-0.4, -0.2) is 10.1 Å². The lowest BCUT2D eigenvalue weighted by molar-refractivity contribution is 0.419. The van der Waals surface area contributed by atoms with Crippen molar-refractivity contribution in [2.75, 3.05) is 0 Å². The number of aromatic nitrogens is 2. The number of hydrogen-bond donors (Lipinski definition) is 0. The Hall–Kier alpha value is -1.42. The van der Waals surface area contributed by atoms with Gasteiger partial charge in [0.25, 0.3) is 5.89 Å². The summed E-state index contributed by atoms with van der Waals surface area (Å²) in [5.41, 5.74) is 0.616. The van der Waals surface area contributed by atoms with Crippen molar-refractivity contribution in [2.45, 2.75) is 19.8 Å². The van der Waals surface area contributed by atoms with Crippen LogP contribution in [0.15, 0.2) is 22.7 Å². The highest BCUT2D eigenvalue weighted by atomic mass is 35.5. The van der Waals surface area contributed by atoms with Crippen LogP contribution < -0.4 is 0 Å². The van der Waals surface area contributed by atoms with Crippen molar-refractivity contribution in [2.24, 2.45) is 0 Å². The largest absolute Gasteiger partial charge is 0.334 e. The molecule has 5 heteroatoms. The summed E-state index contributed by atoms with van der Waals surface area (Å²) >= 11 is 5.67. The third kappa shape index (κ3) is 2.07. The molecule has 0 unspecified atom stereocenters. The van der Waals surface area contributed by atoms with Crippen LogP contribution >= 0.6 is 11.6 Å². The van der Waals surface area contributed by atoms with Gasteiger partial charge >= 0.3 is 0 Å². The Kier molecular flexibility index (Phi) is 2.92. The molecular weight excluding hydrogens is 231 g/mol. The van der Waals surface area contributed by atoms with Gasteiger partial charge in [-0.3, -0.25) is 0 Å². The van der Waals surface area contributed by atoms with Crippen LogP contribution in [0.3, 0.4) is 0 Å². The van der Waals surface area contributed by atoms with E-state index in [4.69, 9.17) is 16.1 Å². The fourth-order valence-corrected chi connectivity index (χ4v) is 1.40. The van der Waals surface area contributed by atoms with Gasteiger partial charge in [-0.1, -0.05) is 30.6 Å². The van der Waals surface area contributed by atoms with Crippen molar-refractivity contribution >= 4 is 11.6 Å². The molecule has 2 rings (SSSR count). The van der Waals surface area contributed by atoms with Crippen LogP contribution in [-0.2, 0) is 0 Å². The van der Waals surface area contributed by atoms with Crippen molar-refractivity contribution in [1.82, 2.24) is 10.1 Å². The van der Waals surface area contributed by atoms with E-state index in [9.17, 15) is 4.39 Å². The van der Waals surface area contributed by atoms with Gasteiger partial charge < -0.3 is 4.52 Å². The SMILES string of the molecule is CC(C)c1noc(-c2ccc(F)c(Cl)c2)n1. The highest BCUT2D eigenvalue weighted by Crippen LogP contribution is 2.24. The van der Waals surface area contributed by atoms with Crippen LogP contribution in [0.4, 0.5) is 4.39 Å². The lowest BCUT2D eigenvalue weighted by atomic mass is 10.2. The normalized spacial score (nSPS) is 11.1. The summed E-state index contributed by atoms with van der Waals surface area (Å²) in [5.74, 6) is 0.698. The Morgan fingerprint density at radius 1 is 1.38 bits per heavy atom. The highest BCUT2D eigenvalue weighted by molar-refractivity contribution is 6.31. The molecule has 0 fully saturated rings. The van der Waals surface area contributed by atoms with Gasteiger partial charge in [-0.25, -0.2) is 4.39 Å². The van der Waals surface area contributed by atoms with E-state index < -0.39 is 5.82 Å². The Bertz CT molecular complexity index is 510. The predicted octanol–water partition coefficient (Wildman–Crippen LogP) is 3.65. The van der Waals surface area contributed by atoms with E-state index in [1.54, 1.807) is 6.07 Å². The number of nitrogens with zero attached hydrogens (tertiary/aromatic N) is 2. The standard InChI is InChI=1S/C11H10ClFN2O/c1-6(2)10-14-11(16-15-10)7-3-4-9(13)8(12)5-7/h3-6H,1-2H3. The first-order valence-corrected chi connectivity index (χ1v) is 5.24. The average Bonchev–Trinajstić information content (AvgIpc) is 2.71. The second-order valence-corrected chi connectivity index (χ2v) is 4.15. The topological polar surface area (TPSA) is 38.9 Å². The Morgan fingerprint density at radius 2 is 2.12 bits per heavy atom. The van der Waals surface area contributed by atoms with Crippen LogP contribution in [0.25, 0.3) is 11.5 Å². The molecule has 0 amide bonds. The van der Waals surface area contributed by atoms with E-state index >= 15 is 0 Å². The second kappa shape index (κ2) is 4.22. The van der Waals surface area contributed by atoms with E-state index in [1.165, 1.54) is 12.1 Å². The molecule has 0 aliphatic rings. The molecule has 84 valence electrons. The third-order valence-corrected chi connectivity index (χ3v) is 2.41. The summed E-state index contributed by atoms with van der Waals surface area (Å²) in [7, 11) is 0. The maximum atomic E-state index is 12.9. The lowest BCUT2D eigenvalue weighted by Crippen LogP contribution is -1.89. The number of benzene rings is 1. The number of halogens is 2. The van der Waals surface area contributed by atoms with E-state index in [0.29, 0.717) is 17.3 Å². The highest BCUT2D eigenvalue weighted by Gasteiger charge is 2.12. The van der Waals surface area contributed by atoms with Crippen molar-refractivity contribution in [3.8, 4) is 11.5 Å². The molecule has 16 heavy (non-hydrogen) atoms. The van der Waals surface area contributed by atoms with Gasteiger partial charge in [-0.05, 0) is 18.2 Å². The van der Waals surface area contributed by atoms with Crippen molar-refractivity contribution < 1.29 is 8.91 Å². The van der Waals surface area contributed by atoms with Crippen LogP contribution in [0.2, 0.25) is 5.02 Å². The molecule has 0 aliphatic carbocycles. The summed E-state index contributed by atoms with van der Waals surface area (Å²) < 4.78 is 18.0. The van der Waals surface area contributed by atoms with Gasteiger partial charge in [0.05, 0.1) is 5.02 Å². The van der Waals surface area contributed by atoms with Gasteiger partial charge in [0, 0.05) is 11.5 Å². The zero-order chi connectivity index (χ0) is 11.7. The monoisotopic (exact) mass is 240 g/mol. The molecule has 1 aromatic carbocycles. The summed E-state index contributed by atoms with van der Waals surface area (Å²) in [6.07, 6.45) is 0. The van der Waals surface area contributed by atoms with E-state index in [1.807, 2.05) is 13.8 Å². The van der Waals surface area contributed by atoms with Crippen LogP contribution in [0, 0.1) is 5.82 Å². The van der Waals surface area contributed by atoms with Gasteiger partial charge in [0.2, 0.25) is 0 Å². The first kappa shape index (κ1) is 11.1. The molecule has 1 heterocycles. The summed E-state index contributed by atoms with van der Waals surface area (Å²) in [6, 6.07) is 4.30. The summed E-state index contributed by atoms with van der Waals surface area (Å²) in [5, 5.41) is 3.86. The quantitative estimate of drug-likeness (QED) is 0.804. The minimum atomic E-state index is -0.464.